The van der Waals surface area contributed by atoms with Gasteiger partial charge in [0.15, 0.2) is 0 Å². The van der Waals surface area contributed by atoms with E-state index in [2.05, 4.69) is 11.4 Å². The third-order valence-corrected chi connectivity index (χ3v) is 3.64. The number of hydrogen-bond donors (Lipinski definition) is 1. The van der Waals surface area contributed by atoms with Crippen molar-refractivity contribution in [3.63, 3.8) is 0 Å². The van der Waals surface area contributed by atoms with Gasteiger partial charge in [-0.25, -0.2) is 0 Å². The van der Waals surface area contributed by atoms with Gasteiger partial charge >= 0.3 is 0 Å². The van der Waals surface area contributed by atoms with E-state index in [1.54, 1.807) is 6.08 Å². The second kappa shape index (κ2) is 3.63. The first kappa shape index (κ1) is 9.91. The standard InChI is InChI=1S/C13H12ClNO/c14-9-2-3-10-8(7-9)1-5-12-11(10)4-6-13(16)15-12/h2-4,6-7,11-12H,1,5H2,(H,15,16). The second-order valence-electron chi connectivity index (χ2n) is 4.38. The molecule has 2 unspecified atom stereocenters. The molecule has 3 heteroatoms. The lowest BCUT2D eigenvalue weighted by Crippen LogP contribution is -2.43. The molecule has 0 aromatic heterocycles. The largest absolute Gasteiger partial charge is 0.349 e. The van der Waals surface area contributed by atoms with Crippen molar-refractivity contribution < 1.29 is 4.79 Å². The van der Waals surface area contributed by atoms with Crippen LogP contribution >= 0.6 is 11.6 Å². The fraction of sp³-hybridized carbons (Fsp3) is 0.308. The minimum Gasteiger partial charge on any atom is -0.349 e. The van der Waals surface area contributed by atoms with Gasteiger partial charge < -0.3 is 5.32 Å². The minimum atomic E-state index is 0.0265. The van der Waals surface area contributed by atoms with Gasteiger partial charge in [-0.05, 0) is 42.2 Å². The highest BCUT2D eigenvalue weighted by Gasteiger charge is 2.30. The van der Waals surface area contributed by atoms with Crippen LogP contribution in [0.4, 0.5) is 0 Å². The number of hydrogen-bond acceptors (Lipinski definition) is 1. The van der Waals surface area contributed by atoms with Gasteiger partial charge in [-0.2, -0.15) is 0 Å². The Morgan fingerprint density at radius 1 is 1.38 bits per heavy atom. The van der Waals surface area contributed by atoms with Crippen LogP contribution in [0.2, 0.25) is 5.02 Å². The molecule has 0 spiro atoms. The molecule has 2 nitrogen and oxygen atoms in total. The average Bonchev–Trinajstić information content (AvgIpc) is 2.28. The van der Waals surface area contributed by atoms with Gasteiger partial charge in [-0.3, -0.25) is 4.79 Å². The van der Waals surface area contributed by atoms with Gasteiger partial charge in [0.25, 0.3) is 0 Å². The maximum atomic E-state index is 11.3. The van der Waals surface area contributed by atoms with E-state index in [9.17, 15) is 4.79 Å². The number of carbonyl (C=O) groups excluding carboxylic acids is 1. The maximum absolute atomic E-state index is 11.3. The zero-order valence-corrected chi connectivity index (χ0v) is 9.50. The van der Waals surface area contributed by atoms with Crippen molar-refractivity contribution in [2.75, 3.05) is 0 Å². The Hall–Kier alpha value is -1.28. The molecule has 0 bridgehead atoms. The molecule has 1 aliphatic heterocycles. The van der Waals surface area contributed by atoms with Crippen LogP contribution in [0.15, 0.2) is 30.4 Å². The summed E-state index contributed by atoms with van der Waals surface area (Å²) in [6.07, 6.45) is 5.62. The third-order valence-electron chi connectivity index (χ3n) is 3.40. The molecule has 0 saturated heterocycles. The molecule has 3 rings (SSSR count). The molecule has 1 heterocycles. The molecule has 0 fully saturated rings. The lowest BCUT2D eigenvalue weighted by molar-refractivity contribution is -0.117. The number of fused-ring (bicyclic) bond motifs is 3. The van der Waals surface area contributed by atoms with Crippen LogP contribution in [0, 0.1) is 0 Å². The molecule has 1 N–H and O–H groups in total. The highest BCUT2D eigenvalue weighted by Crippen LogP contribution is 2.35. The zero-order valence-electron chi connectivity index (χ0n) is 8.74. The van der Waals surface area contributed by atoms with E-state index in [1.165, 1.54) is 11.1 Å². The van der Waals surface area contributed by atoms with E-state index in [-0.39, 0.29) is 11.9 Å². The molecule has 1 aromatic rings. The Bertz CT molecular complexity index is 481. The lowest BCUT2D eigenvalue weighted by atomic mass is 9.78. The molecular formula is C13H12ClNO. The molecule has 1 amide bonds. The Labute approximate surface area is 99.3 Å². The summed E-state index contributed by atoms with van der Waals surface area (Å²) in [7, 11) is 0. The van der Waals surface area contributed by atoms with E-state index in [1.807, 2.05) is 18.2 Å². The predicted molar refractivity (Wildman–Crippen MR) is 63.6 cm³/mol. The van der Waals surface area contributed by atoms with Crippen molar-refractivity contribution in [2.45, 2.75) is 24.8 Å². The van der Waals surface area contributed by atoms with Crippen LogP contribution in [0.5, 0.6) is 0 Å². The number of benzene rings is 1. The smallest absolute Gasteiger partial charge is 0.243 e. The predicted octanol–water partition coefficient (Wildman–Crippen LogP) is 2.42. The number of nitrogens with one attached hydrogen (secondary N) is 1. The summed E-state index contributed by atoms with van der Waals surface area (Å²) in [6, 6.07) is 6.30. The normalized spacial score (nSPS) is 26.9. The fourth-order valence-electron chi connectivity index (χ4n) is 2.64. The van der Waals surface area contributed by atoms with Gasteiger partial charge in [0.2, 0.25) is 5.91 Å². The Morgan fingerprint density at radius 3 is 3.12 bits per heavy atom. The highest BCUT2D eigenvalue weighted by molar-refractivity contribution is 6.30. The van der Waals surface area contributed by atoms with E-state index in [0.717, 1.165) is 17.9 Å². The van der Waals surface area contributed by atoms with E-state index < -0.39 is 0 Å². The number of aryl methyl sites for hydroxylation is 1. The topological polar surface area (TPSA) is 29.1 Å². The van der Waals surface area contributed by atoms with Gasteiger partial charge in [-0.1, -0.05) is 23.7 Å². The molecule has 82 valence electrons. The van der Waals surface area contributed by atoms with Crippen LogP contribution in [0.25, 0.3) is 0 Å². The van der Waals surface area contributed by atoms with Crippen LogP contribution in [0.1, 0.15) is 23.5 Å². The maximum Gasteiger partial charge on any atom is 0.243 e. The van der Waals surface area contributed by atoms with Crippen molar-refractivity contribution in [2.24, 2.45) is 0 Å². The van der Waals surface area contributed by atoms with Crippen LogP contribution < -0.4 is 5.32 Å². The van der Waals surface area contributed by atoms with Crippen molar-refractivity contribution >= 4 is 17.5 Å². The lowest BCUT2D eigenvalue weighted by Gasteiger charge is -2.34. The fourth-order valence-corrected chi connectivity index (χ4v) is 2.84. The zero-order chi connectivity index (χ0) is 11.1. The quantitative estimate of drug-likeness (QED) is 0.733. The number of amides is 1. The number of carbonyl (C=O) groups is 1. The summed E-state index contributed by atoms with van der Waals surface area (Å²) < 4.78 is 0. The van der Waals surface area contributed by atoms with Crippen molar-refractivity contribution in [1.82, 2.24) is 5.32 Å². The summed E-state index contributed by atoms with van der Waals surface area (Å²) in [4.78, 5) is 11.3. The van der Waals surface area contributed by atoms with Crippen LogP contribution in [-0.4, -0.2) is 11.9 Å². The van der Waals surface area contributed by atoms with Crippen LogP contribution in [-0.2, 0) is 11.2 Å². The molecule has 0 radical (unpaired) electrons. The van der Waals surface area contributed by atoms with E-state index in [0.29, 0.717) is 5.92 Å². The van der Waals surface area contributed by atoms with E-state index in [4.69, 9.17) is 11.6 Å². The Morgan fingerprint density at radius 2 is 2.25 bits per heavy atom. The third kappa shape index (κ3) is 1.54. The first-order valence-corrected chi connectivity index (χ1v) is 5.89. The number of rotatable bonds is 0. The van der Waals surface area contributed by atoms with Crippen molar-refractivity contribution in [1.29, 1.82) is 0 Å². The monoisotopic (exact) mass is 233 g/mol. The molecule has 1 aliphatic carbocycles. The Balaban J connectivity index is 2.06. The van der Waals surface area contributed by atoms with Crippen molar-refractivity contribution in [3.8, 4) is 0 Å². The summed E-state index contributed by atoms with van der Waals surface area (Å²) in [5.74, 6) is 0.345. The van der Waals surface area contributed by atoms with Crippen molar-refractivity contribution in [3.05, 3.63) is 46.5 Å². The average molecular weight is 234 g/mol. The summed E-state index contributed by atoms with van der Waals surface area (Å²) in [5.41, 5.74) is 2.62. The summed E-state index contributed by atoms with van der Waals surface area (Å²) in [6.45, 7) is 0. The first-order valence-electron chi connectivity index (χ1n) is 5.51. The molecule has 2 aliphatic rings. The van der Waals surface area contributed by atoms with Gasteiger partial charge in [0.1, 0.15) is 0 Å². The number of halogens is 1. The highest BCUT2D eigenvalue weighted by atomic mass is 35.5. The molecule has 16 heavy (non-hydrogen) atoms. The van der Waals surface area contributed by atoms with Gasteiger partial charge in [-0.15, -0.1) is 0 Å². The summed E-state index contributed by atoms with van der Waals surface area (Å²) >= 11 is 5.99. The molecular weight excluding hydrogens is 222 g/mol. The van der Waals surface area contributed by atoms with Gasteiger partial charge in [0.05, 0.1) is 0 Å². The molecule has 1 aromatic carbocycles. The Kier molecular flexibility index (Phi) is 2.25. The molecule has 0 saturated carbocycles. The second-order valence-corrected chi connectivity index (χ2v) is 4.82. The minimum absolute atomic E-state index is 0.0265. The van der Waals surface area contributed by atoms with Crippen LogP contribution in [0.3, 0.4) is 0 Å². The van der Waals surface area contributed by atoms with E-state index >= 15 is 0 Å². The summed E-state index contributed by atoms with van der Waals surface area (Å²) in [5, 5.41) is 3.81. The molecule has 2 atom stereocenters. The van der Waals surface area contributed by atoms with Gasteiger partial charge in [0, 0.05) is 17.0 Å². The first-order chi connectivity index (χ1) is 7.74. The SMILES string of the molecule is O=C1C=CC2c3ccc(Cl)cc3CCC2N1.